The lowest BCUT2D eigenvalue weighted by atomic mass is 10.2. The second-order valence-electron chi connectivity index (χ2n) is 5.72. The van der Waals surface area contributed by atoms with Crippen LogP contribution < -0.4 is 10.6 Å². The van der Waals surface area contributed by atoms with Crippen molar-refractivity contribution < 1.29 is 0 Å². The summed E-state index contributed by atoms with van der Waals surface area (Å²) in [7, 11) is 0. The molecule has 0 amide bonds. The maximum absolute atomic E-state index is 4.73. The number of guanidine groups is 1. The Hall–Kier alpha value is -1.07. The van der Waals surface area contributed by atoms with Crippen LogP contribution in [0.25, 0.3) is 0 Å². The van der Waals surface area contributed by atoms with Gasteiger partial charge in [0.15, 0.2) is 5.96 Å². The van der Waals surface area contributed by atoms with Gasteiger partial charge in [-0.25, -0.2) is 4.99 Å². The molecule has 1 fully saturated rings. The predicted octanol–water partition coefficient (Wildman–Crippen LogP) is 2.85. The van der Waals surface area contributed by atoms with E-state index in [4.69, 9.17) is 4.99 Å². The molecule has 4 nitrogen and oxygen atoms in total. The largest absolute Gasteiger partial charge is 0.357 e. The summed E-state index contributed by atoms with van der Waals surface area (Å²) in [4.78, 5) is 10.1. The van der Waals surface area contributed by atoms with E-state index in [1.807, 2.05) is 11.3 Å². The molecule has 124 valence electrons. The number of likely N-dealkylation sites (N-methyl/N-ethyl adjacent to an activating group) is 1. The van der Waals surface area contributed by atoms with Crippen LogP contribution in [0.5, 0.6) is 0 Å². The molecule has 1 atom stereocenters. The van der Waals surface area contributed by atoms with Crippen molar-refractivity contribution in [3.8, 4) is 0 Å². The molecule has 1 aromatic rings. The van der Waals surface area contributed by atoms with Crippen LogP contribution in [-0.2, 0) is 13.0 Å². The first-order valence-electron chi connectivity index (χ1n) is 8.60. The highest BCUT2D eigenvalue weighted by atomic mass is 32.1. The van der Waals surface area contributed by atoms with Crippen LogP contribution in [0.3, 0.4) is 0 Å². The first-order valence-corrected chi connectivity index (χ1v) is 9.42. The number of aryl methyl sites for hydroxylation is 1. The summed E-state index contributed by atoms with van der Waals surface area (Å²) in [6.07, 6.45) is 3.73. The van der Waals surface area contributed by atoms with Crippen LogP contribution in [-0.4, -0.2) is 43.1 Å². The fourth-order valence-corrected chi connectivity index (χ4v) is 3.84. The number of thiophene rings is 1. The van der Waals surface area contributed by atoms with Gasteiger partial charge in [0.2, 0.25) is 0 Å². The molecule has 1 aliphatic heterocycles. The Morgan fingerprint density at radius 2 is 2.09 bits per heavy atom. The third-order valence-electron chi connectivity index (χ3n) is 4.21. The average Bonchev–Trinajstić information content (AvgIpc) is 3.18. The first kappa shape index (κ1) is 17.3. The molecule has 0 aliphatic carbocycles. The van der Waals surface area contributed by atoms with Gasteiger partial charge in [-0.2, -0.15) is 0 Å². The molecule has 0 bridgehead atoms. The minimum atomic E-state index is 0.655. The second-order valence-corrected chi connectivity index (χ2v) is 6.98. The highest BCUT2D eigenvalue weighted by Crippen LogP contribution is 2.18. The minimum Gasteiger partial charge on any atom is -0.357 e. The van der Waals surface area contributed by atoms with Crippen molar-refractivity contribution in [1.82, 2.24) is 15.5 Å². The Bertz CT molecular complexity index is 469. The van der Waals surface area contributed by atoms with Gasteiger partial charge < -0.3 is 10.6 Å². The molecular formula is C17H30N4S. The third-order valence-corrected chi connectivity index (χ3v) is 5.43. The van der Waals surface area contributed by atoms with E-state index in [0.717, 1.165) is 38.6 Å². The van der Waals surface area contributed by atoms with Crippen molar-refractivity contribution >= 4 is 17.3 Å². The lowest BCUT2D eigenvalue weighted by Crippen LogP contribution is -2.44. The van der Waals surface area contributed by atoms with E-state index < -0.39 is 0 Å². The van der Waals surface area contributed by atoms with Gasteiger partial charge in [0, 0.05) is 28.9 Å². The van der Waals surface area contributed by atoms with Gasteiger partial charge in [0.1, 0.15) is 0 Å². The lowest BCUT2D eigenvalue weighted by molar-refractivity contribution is 0.267. The smallest absolute Gasteiger partial charge is 0.191 e. The Morgan fingerprint density at radius 1 is 1.27 bits per heavy atom. The van der Waals surface area contributed by atoms with Crippen molar-refractivity contribution in [1.29, 1.82) is 0 Å². The molecule has 1 saturated heterocycles. The van der Waals surface area contributed by atoms with Crippen molar-refractivity contribution in [2.24, 2.45) is 4.99 Å². The number of hydrogen-bond donors (Lipinski definition) is 2. The number of likely N-dealkylation sites (tertiary alicyclic amines) is 1. The van der Waals surface area contributed by atoms with Gasteiger partial charge in [0.05, 0.1) is 6.54 Å². The summed E-state index contributed by atoms with van der Waals surface area (Å²) < 4.78 is 0. The predicted molar refractivity (Wildman–Crippen MR) is 96.8 cm³/mol. The lowest BCUT2D eigenvalue weighted by Gasteiger charge is -2.23. The van der Waals surface area contributed by atoms with E-state index in [2.05, 4.69) is 48.4 Å². The van der Waals surface area contributed by atoms with Crippen molar-refractivity contribution in [3.05, 3.63) is 21.9 Å². The number of hydrogen-bond acceptors (Lipinski definition) is 3. The van der Waals surface area contributed by atoms with Crippen LogP contribution in [0.4, 0.5) is 0 Å². The van der Waals surface area contributed by atoms with Crippen LogP contribution in [0.1, 0.15) is 43.4 Å². The molecule has 22 heavy (non-hydrogen) atoms. The van der Waals surface area contributed by atoms with E-state index in [9.17, 15) is 0 Å². The molecule has 0 radical (unpaired) electrons. The molecule has 0 spiro atoms. The fourth-order valence-electron chi connectivity index (χ4n) is 2.95. The molecule has 1 aliphatic rings. The zero-order chi connectivity index (χ0) is 15.8. The maximum Gasteiger partial charge on any atom is 0.191 e. The van der Waals surface area contributed by atoms with Crippen LogP contribution in [0, 0.1) is 0 Å². The van der Waals surface area contributed by atoms with Crippen molar-refractivity contribution in [2.75, 3.05) is 26.2 Å². The Balaban J connectivity index is 1.86. The zero-order valence-electron chi connectivity index (χ0n) is 14.2. The topological polar surface area (TPSA) is 39.7 Å². The van der Waals surface area contributed by atoms with E-state index in [-0.39, 0.29) is 0 Å². The number of aliphatic imine (C=N–C) groups is 1. The highest BCUT2D eigenvalue weighted by Gasteiger charge is 2.22. The maximum atomic E-state index is 4.73. The molecule has 0 saturated carbocycles. The number of nitrogens with zero attached hydrogens (tertiary/aromatic N) is 2. The van der Waals surface area contributed by atoms with Gasteiger partial charge in [-0.1, -0.05) is 13.8 Å². The number of rotatable bonds is 7. The Morgan fingerprint density at radius 3 is 2.77 bits per heavy atom. The SMILES string of the molecule is CCNC(=NCc1ccc(CC)s1)NCC1CCCN1CC. The van der Waals surface area contributed by atoms with Gasteiger partial charge in [-0.15, -0.1) is 11.3 Å². The molecule has 1 aromatic heterocycles. The van der Waals surface area contributed by atoms with Gasteiger partial charge in [-0.3, -0.25) is 4.90 Å². The summed E-state index contributed by atoms with van der Waals surface area (Å²) in [6.45, 7) is 11.6. The molecule has 2 rings (SSSR count). The van der Waals surface area contributed by atoms with Gasteiger partial charge in [-0.05, 0) is 51.4 Å². The zero-order valence-corrected chi connectivity index (χ0v) is 15.0. The molecule has 5 heteroatoms. The van der Waals surface area contributed by atoms with E-state index >= 15 is 0 Å². The first-order chi connectivity index (χ1) is 10.8. The highest BCUT2D eigenvalue weighted by molar-refractivity contribution is 7.11. The Labute approximate surface area is 139 Å². The standard InChI is InChI=1S/C17H30N4S/c1-4-15-9-10-16(22-15)13-20-17(18-5-2)19-12-14-8-7-11-21(14)6-3/h9-10,14H,4-8,11-13H2,1-3H3,(H2,18,19,20). The summed E-state index contributed by atoms with van der Waals surface area (Å²) in [5, 5.41) is 6.88. The Kier molecular flexibility index (Phi) is 7.19. The molecule has 0 aromatic carbocycles. The van der Waals surface area contributed by atoms with E-state index in [1.165, 1.54) is 29.1 Å². The average molecular weight is 323 g/mol. The molecule has 2 heterocycles. The second kappa shape index (κ2) is 9.16. The monoisotopic (exact) mass is 322 g/mol. The van der Waals surface area contributed by atoms with Gasteiger partial charge >= 0.3 is 0 Å². The number of nitrogens with one attached hydrogen (secondary N) is 2. The van der Waals surface area contributed by atoms with Crippen LogP contribution in [0.2, 0.25) is 0 Å². The van der Waals surface area contributed by atoms with E-state index in [0.29, 0.717) is 6.04 Å². The normalized spacial score (nSPS) is 19.6. The van der Waals surface area contributed by atoms with E-state index in [1.54, 1.807) is 0 Å². The van der Waals surface area contributed by atoms with Crippen molar-refractivity contribution in [3.63, 3.8) is 0 Å². The quantitative estimate of drug-likeness (QED) is 0.599. The molecule has 2 N–H and O–H groups in total. The molecular weight excluding hydrogens is 292 g/mol. The third kappa shape index (κ3) is 4.99. The summed E-state index contributed by atoms with van der Waals surface area (Å²) in [6, 6.07) is 5.07. The molecule has 1 unspecified atom stereocenters. The summed E-state index contributed by atoms with van der Waals surface area (Å²) in [5.74, 6) is 0.942. The van der Waals surface area contributed by atoms with Crippen LogP contribution >= 0.6 is 11.3 Å². The summed E-state index contributed by atoms with van der Waals surface area (Å²) >= 11 is 1.87. The van der Waals surface area contributed by atoms with Crippen LogP contribution in [0.15, 0.2) is 17.1 Å². The minimum absolute atomic E-state index is 0.655. The fraction of sp³-hybridized carbons (Fsp3) is 0.706. The van der Waals surface area contributed by atoms with Gasteiger partial charge in [0.25, 0.3) is 0 Å². The van der Waals surface area contributed by atoms with Crippen molar-refractivity contribution in [2.45, 2.75) is 52.6 Å². The summed E-state index contributed by atoms with van der Waals surface area (Å²) in [5.41, 5.74) is 0.